The van der Waals surface area contributed by atoms with E-state index in [1.807, 2.05) is 0 Å². The maximum Gasteiger partial charge on any atom is 0.354 e. The monoisotopic (exact) mass is 521 g/mol. The van der Waals surface area contributed by atoms with Crippen molar-refractivity contribution >= 4 is 5.97 Å². The number of nitrogens with zero attached hydrogens (tertiary/aromatic N) is 2. The van der Waals surface area contributed by atoms with Crippen molar-refractivity contribution in [2.75, 3.05) is 0 Å². The van der Waals surface area contributed by atoms with Crippen LogP contribution < -0.4 is 0 Å². The van der Waals surface area contributed by atoms with E-state index in [-0.39, 0.29) is 38.8 Å². The minimum atomic E-state index is -0.990. The zero-order valence-corrected chi connectivity index (χ0v) is 15.5. The minimum Gasteiger partial charge on any atom is -0.477 e. The van der Waals surface area contributed by atoms with Crippen molar-refractivity contribution in [2.45, 2.75) is 0 Å². The molecule has 1 N–H and O–H groups in total. The third-order valence-electron chi connectivity index (χ3n) is 2.66. The first-order valence-electron chi connectivity index (χ1n) is 6.50. The van der Waals surface area contributed by atoms with Gasteiger partial charge in [0.25, 0.3) is 0 Å². The number of rotatable bonds is 2. The quantitative estimate of drug-likeness (QED) is 0.518. The molecule has 0 saturated carbocycles. The Kier molecular flexibility index (Phi) is 10.0. The van der Waals surface area contributed by atoms with E-state index in [0.717, 1.165) is 12.1 Å². The average Bonchev–Trinajstić information content (AvgIpc) is 2.57. The molecular weight excluding hydrogens is 506 g/mol. The van der Waals surface area contributed by atoms with E-state index in [9.17, 15) is 13.6 Å². The molecular formula is C18H14F2IrN2O2-2. The van der Waals surface area contributed by atoms with E-state index < -0.39 is 17.6 Å². The molecule has 1 radical (unpaired) electrons. The Balaban J connectivity index is 0.000000462. The fourth-order valence-electron chi connectivity index (χ4n) is 1.64. The number of hydrogen-bond acceptors (Lipinski definition) is 3. The first-order chi connectivity index (χ1) is 11.1. The smallest absolute Gasteiger partial charge is 0.354 e. The van der Waals surface area contributed by atoms with Crippen molar-refractivity contribution in [3.8, 4) is 11.3 Å². The predicted octanol–water partition coefficient (Wildman–Crippen LogP) is 4.05. The second kappa shape index (κ2) is 11.1. The molecule has 0 spiro atoms. The van der Waals surface area contributed by atoms with Crippen LogP contribution in [0.1, 0.15) is 10.5 Å². The van der Waals surface area contributed by atoms with Crippen LogP contribution in [0.2, 0.25) is 0 Å². The maximum atomic E-state index is 13.2. The van der Waals surface area contributed by atoms with Gasteiger partial charge in [-0.1, -0.05) is 29.8 Å². The van der Waals surface area contributed by atoms with Gasteiger partial charge in [0.05, 0.1) is 0 Å². The molecule has 0 saturated heterocycles. The van der Waals surface area contributed by atoms with Crippen LogP contribution in [0.25, 0.3) is 11.3 Å². The summed E-state index contributed by atoms with van der Waals surface area (Å²) in [5.41, 5.74) is 0.717. The zero-order valence-electron chi connectivity index (χ0n) is 13.1. The van der Waals surface area contributed by atoms with E-state index in [1.54, 1.807) is 36.5 Å². The number of halogens is 2. The summed E-state index contributed by atoms with van der Waals surface area (Å²) in [4.78, 5) is 17.7. The molecule has 133 valence electrons. The number of carboxylic acid groups (broad SMARTS) is 1. The van der Waals surface area contributed by atoms with E-state index in [1.165, 1.54) is 12.3 Å². The summed E-state index contributed by atoms with van der Waals surface area (Å²) in [6.45, 7) is 0. The van der Waals surface area contributed by atoms with Gasteiger partial charge in [0.1, 0.15) is 5.69 Å². The van der Waals surface area contributed by atoms with Crippen LogP contribution in [0.3, 0.4) is 0 Å². The fraction of sp³-hybridized carbons (Fsp3) is 0. The number of carbonyl (C=O) groups is 1. The van der Waals surface area contributed by atoms with Crippen LogP contribution in [0.5, 0.6) is 0 Å². The van der Waals surface area contributed by atoms with Crippen molar-refractivity contribution in [3.05, 3.63) is 91.7 Å². The van der Waals surface area contributed by atoms with E-state index in [4.69, 9.17) is 5.11 Å². The van der Waals surface area contributed by atoms with Gasteiger partial charge in [-0.15, -0.1) is 12.1 Å². The normalized spacial score (nSPS) is 8.88. The molecule has 0 aliphatic heterocycles. The van der Waals surface area contributed by atoms with Crippen LogP contribution in [-0.4, -0.2) is 21.0 Å². The Morgan fingerprint density at radius 3 is 2.12 bits per heavy atom. The molecule has 0 bridgehead atoms. The molecule has 0 atom stereocenters. The molecule has 0 fully saturated rings. The molecule has 0 amide bonds. The molecule has 0 aliphatic rings. The molecule has 25 heavy (non-hydrogen) atoms. The molecule has 2 aromatic heterocycles. The first kappa shape index (κ1) is 22.5. The Bertz CT molecular complexity index is 788. The van der Waals surface area contributed by atoms with Gasteiger partial charge in [-0.2, -0.15) is 0 Å². The van der Waals surface area contributed by atoms with Crippen LogP contribution in [0.4, 0.5) is 8.78 Å². The zero-order chi connectivity index (χ0) is 16.7. The number of carboxylic acids is 1. The van der Waals surface area contributed by atoms with Crippen LogP contribution >= 0.6 is 0 Å². The molecule has 3 aromatic rings. The molecule has 0 aliphatic carbocycles. The topological polar surface area (TPSA) is 63.1 Å². The summed E-state index contributed by atoms with van der Waals surface area (Å²) in [7, 11) is 0. The minimum absolute atomic E-state index is 0. The molecule has 2 heterocycles. The molecule has 0 unspecified atom stereocenters. The summed E-state index contributed by atoms with van der Waals surface area (Å²) in [6, 6.07) is 14.3. The van der Waals surface area contributed by atoms with Crippen molar-refractivity contribution in [3.63, 3.8) is 0 Å². The maximum absolute atomic E-state index is 13.2. The molecule has 7 heteroatoms. The third kappa shape index (κ3) is 6.87. The van der Waals surface area contributed by atoms with Gasteiger partial charge in [-0.3, -0.25) is 8.78 Å². The molecule has 3 rings (SSSR count). The van der Waals surface area contributed by atoms with Crippen molar-refractivity contribution < 1.29 is 38.8 Å². The van der Waals surface area contributed by atoms with Gasteiger partial charge in [0, 0.05) is 44.1 Å². The Labute approximate surface area is 157 Å². The van der Waals surface area contributed by atoms with Crippen molar-refractivity contribution in [2.24, 2.45) is 0 Å². The first-order valence-corrected chi connectivity index (χ1v) is 6.50. The summed E-state index contributed by atoms with van der Waals surface area (Å²) < 4.78 is 25.8. The second-order valence-corrected chi connectivity index (χ2v) is 4.28. The molecule has 4 nitrogen and oxygen atoms in total. The van der Waals surface area contributed by atoms with Crippen LogP contribution in [-0.2, 0) is 20.1 Å². The second-order valence-electron chi connectivity index (χ2n) is 4.28. The van der Waals surface area contributed by atoms with Gasteiger partial charge in [-0.25, -0.2) is 9.78 Å². The van der Waals surface area contributed by atoms with Crippen molar-refractivity contribution in [1.82, 2.24) is 9.97 Å². The van der Waals surface area contributed by atoms with E-state index in [2.05, 4.69) is 16.0 Å². The number of pyridine rings is 2. The Morgan fingerprint density at radius 1 is 1.04 bits per heavy atom. The summed E-state index contributed by atoms with van der Waals surface area (Å²) in [6.07, 6.45) is 3.00. The summed E-state index contributed by atoms with van der Waals surface area (Å²) in [5.74, 6) is -2.28. The van der Waals surface area contributed by atoms with Crippen LogP contribution in [0, 0.1) is 25.1 Å². The van der Waals surface area contributed by atoms with E-state index >= 15 is 0 Å². The van der Waals surface area contributed by atoms with Gasteiger partial charge >= 0.3 is 5.97 Å². The largest absolute Gasteiger partial charge is 0.477 e. The number of benzene rings is 1. The standard InChI is InChI=1S/C11H6F2N.C6H5NO2.CH3.Ir/c12-8-4-5-9(10(13)7-8)11-3-1-2-6-14-11;8-6(9)5-3-1-2-4-7-5;;/h1-4,6-7H;1-4H,(H,8,9);1H3;/q-1;;-1;. The summed E-state index contributed by atoms with van der Waals surface area (Å²) in [5, 5.41) is 8.32. The number of hydrogen-bond donors (Lipinski definition) is 1. The number of aromatic nitrogens is 2. The van der Waals surface area contributed by atoms with Crippen molar-refractivity contribution in [1.29, 1.82) is 0 Å². The van der Waals surface area contributed by atoms with Gasteiger partial charge < -0.3 is 17.5 Å². The average molecular weight is 521 g/mol. The Morgan fingerprint density at radius 2 is 1.68 bits per heavy atom. The fourth-order valence-corrected chi connectivity index (χ4v) is 1.64. The van der Waals surface area contributed by atoms with E-state index in [0.29, 0.717) is 5.69 Å². The Hall–Kier alpha value is -2.50. The van der Waals surface area contributed by atoms with Gasteiger partial charge in [0.15, 0.2) is 0 Å². The van der Waals surface area contributed by atoms with Gasteiger partial charge in [0.2, 0.25) is 0 Å². The number of aromatic carboxylic acids is 1. The summed E-state index contributed by atoms with van der Waals surface area (Å²) >= 11 is 0. The third-order valence-corrected chi connectivity index (χ3v) is 2.66. The van der Waals surface area contributed by atoms with Crippen LogP contribution in [0.15, 0.2) is 60.9 Å². The SMILES string of the molecule is Fc1c[c-]c(-c2ccccn2)c(F)c1.O=C(O)c1ccccn1.[CH3-].[Ir]. The van der Waals surface area contributed by atoms with Gasteiger partial charge in [-0.05, 0) is 23.9 Å². The predicted molar refractivity (Wildman–Crippen MR) is 86.0 cm³/mol. The molecule has 1 aromatic carbocycles.